The van der Waals surface area contributed by atoms with Crippen molar-refractivity contribution in [3.63, 3.8) is 0 Å². The number of hydrogen-bond acceptors (Lipinski definition) is 5. The third-order valence-corrected chi connectivity index (χ3v) is 5.06. The lowest BCUT2D eigenvalue weighted by Gasteiger charge is -2.36. The van der Waals surface area contributed by atoms with Crippen molar-refractivity contribution in [1.82, 2.24) is 20.4 Å². The predicted molar refractivity (Wildman–Crippen MR) is 118 cm³/mol. The van der Waals surface area contributed by atoms with E-state index in [1.807, 2.05) is 0 Å². The van der Waals surface area contributed by atoms with Crippen molar-refractivity contribution in [1.29, 1.82) is 0 Å². The lowest BCUT2D eigenvalue weighted by molar-refractivity contribution is -0.122. The number of nitrogens with zero attached hydrogens (tertiary/aromatic N) is 3. The van der Waals surface area contributed by atoms with Crippen molar-refractivity contribution in [2.24, 2.45) is 4.99 Å². The Morgan fingerprint density at radius 2 is 1.85 bits per heavy atom. The van der Waals surface area contributed by atoms with Crippen LogP contribution in [0.1, 0.15) is 32.6 Å². The Balaban J connectivity index is 0.00000364. The van der Waals surface area contributed by atoms with Gasteiger partial charge in [0.05, 0.1) is 25.3 Å². The van der Waals surface area contributed by atoms with Gasteiger partial charge in [-0.1, -0.05) is 12.8 Å². The van der Waals surface area contributed by atoms with E-state index in [4.69, 9.17) is 9.73 Å². The summed E-state index contributed by atoms with van der Waals surface area (Å²) in [6.07, 6.45) is 3.88. The smallest absolute Gasteiger partial charge is 0.234 e. The first kappa shape index (κ1) is 24.4. The molecule has 1 saturated heterocycles. The molecule has 3 N–H and O–H groups in total. The number of ether oxygens (including phenoxy) is 1. The van der Waals surface area contributed by atoms with E-state index in [-0.39, 0.29) is 29.9 Å². The average molecular weight is 497 g/mol. The SMILES string of the molecule is CCNC(=NCC1(O)CCCC1)N1CCN(CC(=O)NCCOC)CC1.I. The zero-order chi connectivity index (χ0) is 18.8. The second kappa shape index (κ2) is 12.7. The number of aliphatic imine (C=N–C) groups is 1. The van der Waals surface area contributed by atoms with Crippen LogP contribution < -0.4 is 10.6 Å². The number of aliphatic hydroxyl groups is 1. The highest BCUT2D eigenvalue weighted by atomic mass is 127. The molecule has 0 atom stereocenters. The summed E-state index contributed by atoms with van der Waals surface area (Å²) in [5.74, 6) is 0.913. The Bertz CT molecular complexity index is 464. The van der Waals surface area contributed by atoms with E-state index in [2.05, 4.69) is 27.4 Å². The van der Waals surface area contributed by atoms with Crippen molar-refractivity contribution in [3.05, 3.63) is 0 Å². The van der Waals surface area contributed by atoms with Crippen LogP contribution >= 0.6 is 24.0 Å². The molecule has 8 nitrogen and oxygen atoms in total. The van der Waals surface area contributed by atoms with E-state index in [0.717, 1.165) is 64.4 Å². The molecule has 0 aromatic heterocycles. The van der Waals surface area contributed by atoms with Crippen molar-refractivity contribution < 1.29 is 14.6 Å². The van der Waals surface area contributed by atoms with Crippen LogP contribution in [0.4, 0.5) is 0 Å². The monoisotopic (exact) mass is 497 g/mol. The molecule has 27 heavy (non-hydrogen) atoms. The Labute approximate surface area is 180 Å². The first-order valence-electron chi connectivity index (χ1n) is 9.80. The normalized spacial score (nSPS) is 20.3. The molecule has 1 aliphatic carbocycles. The Morgan fingerprint density at radius 1 is 1.19 bits per heavy atom. The van der Waals surface area contributed by atoms with Gasteiger partial charge in [0.25, 0.3) is 0 Å². The minimum absolute atomic E-state index is 0. The number of carbonyl (C=O) groups is 1. The van der Waals surface area contributed by atoms with Crippen molar-refractivity contribution in [3.8, 4) is 0 Å². The quantitative estimate of drug-likeness (QED) is 0.193. The van der Waals surface area contributed by atoms with Crippen LogP contribution in [0.5, 0.6) is 0 Å². The van der Waals surface area contributed by atoms with Crippen LogP contribution in [0, 0.1) is 0 Å². The third kappa shape index (κ3) is 8.49. The van der Waals surface area contributed by atoms with Crippen molar-refractivity contribution in [2.45, 2.75) is 38.2 Å². The summed E-state index contributed by atoms with van der Waals surface area (Å²) in [6.45, 7) is 8.15. The first-order valence-corrected chi connectivity index (χ1v) is 9.80. The van der Waals surface area contributed by atoms with Gasteiger partial charge in [-0.3, -0.25) is 14.7 Å². The summed E-state index contributed by atoms with van der Waals surface area (Å²) in [5.41, 5.74) is -0.622. The Kier molecular flexibility index (Phi) is 11.5. The molecule has 0 spiro atoms. The van der Waals surface area contributed by atoms with E-state index in [1.54, 1.807) is 7.11 Å². The fourth-order valence-electron chi connectivity index (χ4n) is 3.51. The number of carbonyl (C=O) groups excluding carboxylic acids is 1. The molecule has 2 aliphatic rings. The summed E-state index contributed by atoms with van der Waals surface area (Å²) in [7, 11) is 1.63. The highest BCUT2D eigenvalue weighted by molar-refractivity contribution is 14.0. The standard InChI is InChI=1S/C18H35N5O3.HI/c1-3-19-17(21-15-18(25)6-4-5-7-18)23-11-9-22(10-12-23)14-16(24)20-8-13-26-2;/h25H,3-15H2,1-2H3,(H,19,21)(H,20,24);1H. The summed E-state index contributed by atoms with van der Waals surface area (Å²) < 4.78 is 4.94. The fourth-order valence-corrected chi connectivity index (χ4v) is 3.51. The van der Waals surface area contributed by atoms with Crippen LogP contribution in [0.2, 0.25) is 0 Å². The van der Waals surface area contributed by atoms with Crippen molar-refractivity contribution in [2.75, 3.05) is 66.1 Å². The van der Waals surface area contributed by atoms with Crippen LogP contribution in [0.15, 0.2) is 4.99 Å². The molecule has 2 rings (SSSR count). The Morgan fingerprint density at radius 3 is 2.44 bits per heavy atom. The lowest BCUT2D eigenvalue weighted by atomic mass is 10.0. The minimum atomic E-state index is -0.622. The summed E-state index contributed by atoms with van der Waals surface area (Å²) in [6, 6.07) is 0. The van der Waals surface area contributed by atoms with Gasteiger partial charge in [0.15, 0.2) is 5.96 Å². The maximum Gasteiger partial charge on any atom is 0.234 e. The van der Waals surface area contributed by atoms with Gasteiger partial charge < -0.3 is 25.4 Å². The van der Waals surface area contributed by atoms with Gasteiger partial charge >= 0.3 is 0 Å². The minimum Gasteiger partial charge on any atom is -0.388 e. The number of guanidine groups is 1. The second-order valence-corrected chi connectivity index (χ2v) is 7.21. The highest BCUT2D eigenvalue weighted by Crippen LogP contribution is 2.29. The van der Waals surface area contributed by atoms with Crippen molar-refractivity contribution >= 4 is 35.8 Å². The number of rotatable bonds is 8. The fraction of sp³-hybridized carbons (Fsp3) is 0.889. The Hall–Kier alpha value is -0.650. The van der Waals surface area contributed by atoms with Crippen LogP contribution in [-0.2, 0) is 9.53 Å². The number of methoxy groups -OCH3 is 1. The molecule has 1 amide bonds. The maximum absolute atomic E-state index is 11.9. The van der Waals surface area contributed by atoms with E-state index >= 15 is 0 Å². The van der Waals surface area contributed by atoms with Gasteiger partial charge in [-0.05, 0) is 19.8 Å². The predicted octanol–water partition coefficient (Wildman–Crippen LogP) is 0.255. The number of amides is 1. The molecular weight excluding hydrogens is 461 g/mol. The van der Waals surface area contributed by atoms with Gasteiger partial charge in [-0.15, -0.1) is 24.0 Å². The topological polar surface area (TPSA) is 89.4 Å². The molecule has 1 aliphatic heterocycles. The molecule has 0 bridgehead atoms. The van der Waals surface area contributed by atoms with Gasteiger partial charge in [0.2, 0.25) is 5.91 Å². The number of hydrogen-bond donors (Lipinski definition) is 3. The summed E-state index contributed by atoms with van der Waals surface area (Å²) >= 11 is 0. The third-order valence-electron chi connectivity index (χ3n) is 5.06. The molecule has 158 valence electrons. The van der Waals surface area contributed by atoms with Gasteiger partial charge in [-0.2, -0.15) is 0 Å². The molecule has 0 radical (unpaired) electrons. The maximum atomic E-state index is 11.9. The van der Waals surface area contributed by atoms with Gasteiger partial charge in [0.1, 0.15) is 0 Å². The summed E-state index contributed by atoms with van der Waals surface area (Å²) in [5, 5.41) is 16.7. The average Bonchev–Trinajstić information content (AvgIpc) is 3.06. The lowest BCUT2D eigenvalue weighted by Crippen LogP contribution is -2.54. The van der Waals surface area contributed by atoms with Crippen LogP contribution in [0.25, 0.3) is 0 Å². The molecule has 2 fully saturated rings. The van der Waals surface area contributed by atoms with Gasteiger partial charge in [0, 0.05) is 46.4 Å². The molecular formula is C18H36IN5O3. The molecule has 0 aromatic rings. The van der Waals surface area contributed by atoms with E-state index in [0.29, 0.717) is 26.2 Å². The molecule has 0 aromatic carbocycles. The zero-order valence-corrected chi connectivity index (χ0v) is 19.0. The molecule has 1 saturated carbocycles. The van der Waals surface area contributed by atoms with E-state index in [1.165, 1.54) is 0 Å². The molecule has 9 heteroatoms. The van der Waals surface area contributed by atoms with Crippen LogP contribution in [0.3, 0.4) is 0 Å². The van der Waals surface area contributed by atoms with E-state index < -0.39 is 5.60 Å². The number of piperazine rings is 1. The second-order valence-electron chi connectivity index (χ2n) is 7.21. The van der Waals surface area contributed by atoms with Crippen LogP contribution in [-0.4, -0.2) is 98.4 Å². The number of nitrogens with one attached hydrogen (secondary N) is 2. The summed E-state index contributed by atoms with van der Waals surface area (Å²) in [4.78, 5) is 21.0. The molecule has 0 unspecified atom stereocenters. The number of halogens is 1. The molecule has 1 heterocycles. The van der Waals surface area contributed by atoms with E-state index in [9.17, 15) is 9.90 Å². The highest BCUT2D eigenvalue weighted by Gasteiger charge is 2.31. The van der Waals surface area contributed by atoms with Gasteiger partial charge in [-0.25, -0.2) is 0 Å². The largest absolute Gasteiger partial charge is 0.388 e. The first-order chi connectivity index (χ1) is 12.6. The zero-order valence-electron chi connectivity index (χ0n) is 16.7.